The molecule has 1 aliphatic carbocycles. The molecule has 0 saturated carbocycles. The Labute approximate surface area is 314 Å². The topological polar surface area (TPSA) is 182 Å². The number of carbonyl (C=O) groups excluding carboxylic acids is 3. The van der Waals surface area contributed by atoms with E-state index in [2.05, 4.69) is 0 Å². The van der Waals surface area contributed by atoms with E-state index in [1.807, 2.05) is 19.9 Å². The van der Waals surface area contributed by atoms with Gasteiger partial charge in [-0.15, -0.1) is 0 Å². The molecule has 3 heterocycles. The number of aromatic nitrogens is 1. The predicted molar refractivity (Wildman–Crippen MR) is 203 cm³/mol. The number of aliphatic hydroxyl groups is 1. The van der Waals surface area contributed by atoms with Crippen molar-refractivity contribution in [3.05, 3.63) is 98.3 Å². The van der Waals surface area contributed by atoms with E-state index in [0.717, 1.165) is 6.92 Å². The van der Waals surface area contributed by atoms with Crippen molar-refractivity contribution in [2.45, 2.75) is 57.8 Å². The molecule has 0 saturated heterocycles. The van der Waals surface area contributed by atoms with Crippen LogP contribution in [0, 0.1) is 6.92 Å². The quantitative estimate of drug-likeness (QED) is 0.153. The fourth-order valence-corrected chi connectivity index (χ4v) is 8.10. The van der Waals surface area contributed by atoms with Gasteiger partial charge in [-0.2, -0.15) is 0 Å². The van der Waals surface area contributed by atoms with E-state index in [9.17, 15) is 39.6 Å². The molecule has 0 amide bonds. The van der Waals surface area contributed by atoms with E-state index in [1.54, 1.807) is 48.9 Å². The molecule has 55 heavy (non-hydrogen) atoms. The second kappa shape index (κ2) is 12.1. The van der Waals surface area contributed by atoms with Gasteiger partial charge in [-0.05, 0) is 68.7 Å². The maximum Gasteiger partial charge on any atom is 0.203 e. The first-order valence-corrected chi connectivity index (χ1v) is 17.6. The maximum absolute atomic E-state index is 15.0. The molecule has 4 aromatic carbocycles. The zero-order valence-corrected chi connectivity index (χ0v) is 30.9. The van der Waals surface area contributed by atoms with Crippen molar-refractivity contribution in [1.82, 2.24) is 4.57 Å². The number of fused-ring (bicyclic) bond motifs is 7. The third kappa shape index (κ3) is 5.23. The number of Topliss-reactive ketones (excluding diaryl/α,β-unsaturated/α-hetero) is 3. The Kier molecular flexibility index (Phi) is 7.81. The molecule has 0 bridgehead atoms. The summed E-state index contributed by atoms with van der Waals surface area (Å²) >= 11 is 0. The molecule has 3 aliphatic rings. The van der Waals surface area contributed by atoms with Gasteiger partial charge < -0.3 is 39.2 Å². The van der Waals surface area contributed by atoms with E-state index in [0.29, 0.717) is 22.4 Å². The lowest BCUT2D eigenvalue weighted by atomic mass is 9.81. The van der Waals surface area contributed by atoms with Crippen LogP contribution in [0.5, 0.6) is 34.5 Å². The zero-order chi connectivity index (χ0) is 39.5. The monoisotopic (exact) mass is 743 g/mol. The first kappa shape index (κ1) is 35.6. The van der Waals surface area contributed by atoms with E-state index in [-0.39, 0.29) is 79.4 Å². The fourth-order valence-electron chi connectivity index (χ4n) is 8.10. The SMILES string of the molecule is COc1cc(O)c2c(c1-c1cc(C)cc3c1C(=O)C(O)(C(C)=O)Cc1c-3c(=O)c3c(O)cc4c(c3n1C)C=CC(C)(C)O4)OC(c1ccc(O)cc1)CC2=O. The Hall–Kier alpha value is -6.40. The van der Waals surface area contributed by atoms with E-state index < -0.39 is 52.3 Å². The first-order chi connectivity index (χ1) is 26.0. The van der Waals surface area contributed by atoms with Gasteiger partial charge in [0, 0.05) is 48.0 Å². The summed E-state index contributed by atoms with van der Waals surface area (Å²) in [5.41, 5.74) is -2.25. The summed E-state index contributed by atoms with van der Waals surface area (Å²) in [5, 5.41) is 44.7. The number of carbonyl (C=O) groups is 3. The highest BCUT2D eigenvalue weighted by Gasteiger charge is 2.49. The Balaban J connectivity index is 1.49. The molecular weight excluding hydrogens is 706 g/mol. The van der Waals surface area contributed by atoms with Gasteiger partial charge in [-0.3, -0.25) is 19.2 Å². The fraction of sp³-hybridized carbons (Fsp3) is 0.256. The largest absolute Gasteiger partial charge is 0.508 e. The van der Waals surface area contributed by atoms with Crippen LogP contribution in [0.3, 0.4) is 0 Å². The minimum atomic E-state index is -2.68. The third-order valence-electron chi connectivity index (χ3n) is 10.8. The first-order valence-electron chi connectivity index (χ1n) is 17.6. The summed E-state index contributed by atoms with van der Waals surface area (Å²) in [5.74, 6) is -2.95. The number of aromatic hydroxyl groups is 3. The Morgan fingerprint density at radius 3 is 2.25 bits per heavy atom. The lowest BCUT2D eigenvalue weighted by molar-refractivity contribution is -0.130. The number of hydrogen-bond acceptors (Lipinski definition) is 11. The number of aryl methyl sites for hydroxylation is 2. The van der Waals surface area contributed by atoms with Crippen molar-refractivity contribution >= 4 is 34.3 Å². The molecular formula is C43H37NO11. The molecule has 12 nitrogen and oxygen atoms in total. The minimum Gasteiger partial charge on any atom is -0.508 e. The van der Waals surface area contributed by atoms with Gasteiger partial charge in [0.25, 0.3) is 0 Å². The number of rotatable bonds is 4. The van der Waals surface area contributed by atoms with Crippen LogP contribution in [0.2, 0.25) is 0 Å². The van der Waals surface area contributed by atoms with E-state index in [4.69, 9.17) is 14.2 Å². The molecule has 5 aromatic rings. The van der Waals surface area contributed by atoms with Crippen molar-refractivity contribution in [3.63, 3.8) is 0 Å². The van der Waals surface area contributed by atoms with Gasteiger partial charge in [-0.1, -0.05) is 24.3 Å². The lowest BCUT2D eigenvalue weighted by Gasteiger charge is -2.30. The summed E-state index contributed by atoms with van der Waals surface area (Å²) in [6.07, 6.45) is 1.97. The summed E-state index contributed by atoms with van der Waals surface area (Å²) < 4.78 is 20.0. The molecule has 1 aromatic heterocycles. The van der Waals surface area contributed by atoms with Crippen molar-refractivity contribution in [3.8, 4) is 56.8 Å². The average molecular weight is 744 g/mol. The summed E-state index contributed by atoms with van der Waals surface area (Å²) in [6.45, 7) is 6.50. The number of phenols is 3. The molecule has 0 spiro atoms. The van der Waals surface area contributed by atoms with Gasteiger partial charge >= 0.3 is 0 Å². The number of phenolic OH excluding ortho intramolecular Hbond substituents is 3. The molecule has 0 fully saturated rings. The van der Waals surface area contributed by atoms with Gasteiger partial charge in [0.15, 0.2) is 17.2 Å². The summed E-state index contributed by atoms with van der Waals surface area (Å²) in [6, 6.07) is 11.9. The lowest BCUT2D eigenvalue weighted by Crippen LogP contribution is -2.47. The smallest absolute Gasteiger partial charge is 0.203 e. The maximum atomic E-state index is 15.0. The van der Waals surface area contributed by atoms with E-state index >= 15 is 0 Å². The van der Waals surface area contributed by atoms with Crippen molar-refractivity contribution in [2.75, 3.05) is 7.11 Å². The van der Waals surface area contributed by atoms with Crippen LogP contribution in [-0.2, 0) is 18.3 Å². The number of benzene rings is 4. The number of ketones is 3. The summed E-state index contributed by atoms with van der Waals surface area (Å²) in [7, 11) is 2.96. The second-order valence-corrected chi connectivity index (χ2v) is 14.9. The molecule has 0 radical (unpaired) electrons. The number of methoxy groups -OCH3 is 1. The highest BCUT2D eigenvalue weighted by molar-refractivity contribution is 6.24. The van der Waals surface area contributed by atoms with Crippen molar-refractivity contribution in [2.24, 2.45) is 7.05 Å². The van der Waals surface area contributed by atoms with Crippen LogP contribution in [0.15, 0.2) is 59.4 Å². The van der Waals surface area contributed by atoms with Crippen LogP contribution in [0.1, 0.15) is 76.4 Å². The molecule has 8 rings (SSSR count). The van der Waals surface area contributed by atoms with Crippen LogP contribution in [-0.4, -0.2) is 60.7 Å². The van der Waals surface area contributed by atoms with Crippen LogP contribution in [0.25, 0.3) is 39.2 Å². The highest BCUT2D eigenvalue weighted by atomic mass is 16.5. The second-order valence-electron chi connectivity index (χ2n) is 14.9. The molecule has 2 unspecified atom stereocenters. The Morgan fingerprint density at radius 2 is 1.60 bits per heavy atom. The van der Waals surface area contributed by atoms with Gasteiger partial charge in [0.1, 0.15) is 51.8 Å². The zero-order valence-electron chi connectivity index (χ0n) is 30.9. The molecule has 4 N–H and O–H groups in total. The third-order valence-corrected chi connectivity index (χ3v) is 10.8. The molecule has 12 heteroatoms. The molecule has 280 valence electrons. The van der Waals surface area contributed by atoms with Crippen LogP contribution >= 0.6 is 0 Å². The minimum absolute atomic E-state index is 0.00256. The summed E-state index contributed by atoms with van der Waals surface area (Å²) in [4.78, 5) is 57.2. The molecule has 2 aliphatic heterocycles. The van der Waals surface area contributed by atoms with Crippen molar-refractivity contribution in [1.29, 1.82) is 0 Å². The van der Waals surface area contributed by atoms with E-state index in [1.165, 1.54) is 31.4 Å². The number of pyridine rings is 1. The highest BCUT2D eigenvalue weighted by Crippen LogP contribution is 2.53. The Bertz CT molecular complexity index is 2670. The van der Waals surface area contributed by atoms with Gasteiger partial charge in [0.2, 0.25) is 11.2 Å². The number of nitrogens with zero attached hydrogens (tertiary/aromatic N) is 1. The predicted octanol–water partition coefficient (Wildman–Crippen LogP) is 6.26. The molecule has 2 atom stereocenters. The van der Waals surface area contributed by atoms with Gasteiger partial charge in [-0.25, -0.2) is 0 Å². The van der Waals surface area contributed by atoms with Crippen LogP contribution in [0.4, 0.5) is 0 Å². The van der Waals surface area contributed by atoms with Crippen LogP contribution < -0.4 is 19.6 Å². The average Bonchev–Trinajstić information content (AvgIpc) is 3.21. The Morgan fingerprint density at radius 1 is 0.927 bits per heavy atom. The van der Waals surface area contributed by atoms with Crippen molar-refractivity contribution < 1.29 is 49.0 Å². The number of ether oxygens (including phenoxy) is 3. The van der Waals surface area contributed by atoms with Gasteiger partial charge in [0.05, 0.1) is 35.6 Å². The normalized spacial score (nSPS) is 19.4. The number of hydrogen-bond donors (Lipinski definition) is 4. The standard InChI is InChI=1S/C43H37NO11/c1-19-13-24-33(25(14-19)35-32(53-6)17-28(48)36-27(47)15-30(54-40(35)36)21-7-9-22(46)10-8-21)41(51)43(52,20(2)45)18-26-34(24)39(50)37-29(49)16-31-23(38(37)44(26)5)11-12-42(3,4)55-31/h7-14,16-17,30,46,48-49,52H,15,18H2,1-6H3.